The van der Waals surface area contributed by atoms with Gasteiger partial charge in [0.25, 0.3) is 0 Å². The Balaban J connectivity index is 2.09. The van der Waals surface area contributed by atoms with Gasteiger partial charge in [0.05, 0.1) is 15.9 Å². The number of nitrogens with two attached hydrogens (primary N) is 1. The SMILES string of the molecule is NS(=O)(=O)c1ccc(S(=O)(=O)NCC2CCCO2)cc1. The van der Waals surface area contributed by atoms with Crippen LogP contribution >= 0.6 is 0 Å². The lowest BCUT2D eigenvalue weighted by atomic mass is 10.2. The smallest absolute Gasteiger partial charge is 0.240 e. The highest BCUT2D eigenvalue weighted by atomic mass is 32.2. The summed E-state index contributed by atoms with van der Waals surface area (Å²) >= 11 is 0. The molecule has 1 aliphatic heterocycles. The molecule has 1 aromatic rings. The fraction of sp³-hybridized carbons (Fsp3) is 0.455. The normalized spacial score (nSPS) is 20.1. The Kier molecular flexibility index (Phi) is 4.45. The molecule has 20 heavy (non-hydrogen) atoms. The lowest BCUT2D eigenvalue weighted by molar-refractivity contribution is 0.114. The van der Waals surface area contributed by atoms with Crippen LogP contribution in [0.2, 0.25) is 0 Å². The highest BCUT2D eigenvalue weighted by Gasteiger charge is 2.20. The van der Waals surface area contributed by atoms with E-state index < -0.39 is 20.0 Å². The molecule has 7 nitrogen and oxygen atoms in total. The topological polar surface area (TPSA) is 116 Å². The molecular weight excluding hydrogens is 304 g/mol. The second-order valence-electron chi connectivity index (χ2n) is 4.50. The molecule has 1 atom stereocenters. The molecule has 0 spiro atoms. The van der Waals surface area contributed by atoms with Gasteiger partial charge in [-0.1, -0.05) is 0 Å². The summed E-state index contributed by atoms with van der Waals surface area (Å²) < 4.78 is 54.0. The van der Waals surface area contributed by atoms with Crippen molar-refractivity contribution in [2.75, 3.05) is 13.2 Å². The fourth-order valence-corrected chi connectivity index (χ4v) is 3.48. The maximum absolute atomic E-state index is 12.0. The molecule has 1 heterocycles. The Morgan fingerprint density at radius 1 is 1.15 bits per heavy atom. The van der Waals surface area contributed by atoms with Gasteiger partial charge in [-0.25, -0.2) is 26.7 Å². The molecule has 3 N–H and O–H groups in total. The molecule has 1 aliphatic rings. The van der Waals surface area contributed by atoms with Gasteiger partial charge in [-0.05, 0) is 37.1 Å². The van der Waals surface area contributed by atoms with Crippen molar-refractivity contribution in [3.05, 3.63) is 24.3 Å². The Morgan fingerprint density at radius 3 is 2.25 bits per heavy atom. The van der Waals surface area contributed by atoms with Gasteiger partial charge in [0, 0.05) is 13.2 Å². The van der Waals surface area contributed by atoms with E-state index in [2.05, 4.69) is 4.72 Å². The summed E-state index contributed by atoms with van der Waals surface area (Å²) in [6.45, 7) is 0.856. The van der Waals surface area contributed by atoms with Crippen LogP contribution in [0.5, 0.6) is 0 Å². The molecule has 0 amide bonds. The highest BCUT2D eigenvalue weighted by Crippen LogP contribution is 2.15. The van der Waals surface area contributed by atoms with Crippen molar-refractivity contribution >= 4 is 20.0 Å². The van der Waals surface area contributed by atoms with Gasteiger partial charge >= 0.3 is 0 Å². The number of hydrogen-bond acceptors (Lipinski definition) is 5. The Labute approximate surface area is 118 Å². The summed E-state index contributed by atoms with van der Waals surface area (Å²) in [6, 6.07) is 4.74. The van der Waals surface area contributed by atoms with Crippen LogP contribution in [0.3, 0.4) is 0 Å². The predicted molar refractivity (Wildman–Crippen MR) is 72.0 cm³/mol. The summed E-state index contributed by atoms with van der Waals surface area (Å²) in [4.78, 5) is -0.140. The molecule has 0 bridgehead atoms. The van der Waals surface area contributed by atoms with E-state index in [4.69, 9.17) is 9.88 Å². The second-order valence-corrected chi connectivity index (χ2v) is 7.83. The first-order valence-corrected chi connectivity index (χ1v) is 9.06. The van der Waals surface area contributed by atoms with E-state index in [1.165, 1.54) is 12.1 Å². The number of benzene rings is 1. The Hall–Kier alpha value is -1.00. The first-order chi connectivity index (χ1) is 9.29. The molecule has 1 unspecified atom stereocenters. The minimum absolute atomic E-state index is 0.0112. The van der Waals surface area contributed by atoms with Crippen LogP contribution in [0.1, 0.15) is 12.8 Å². The van der Waals surface area contributed by atoms with Crippen molar-refractivity contribution in [2.45, 2.75) is 28.7 Å². The van der Waals surface area contributed by atoms with Crippen LogP contribution in [0, 0.1) is 0 Å². The number of nitrogens with one attached hydrogen (secondary N) is 1. The third-order valence-electron chi connectivity index (χ3n) is 2.99. The summed E-state index contributed by atoms with van der Waals surface area (Å²) in [7, 11) is -7.50. The van der Waals surface area contributed by atoms with E-state index in [-0.39, 0.29) is 22.4 Å². The van der Waals surface area contributed by atoms with Crippen LogP contribution in [-0.4, -0.2) is 36.1 Å². The molecule has 1 fully saturated rings. The lowest BCUT2D eigenvalue weighted by Gasteiger charge is -2.11. The van der Waals surface area contributed by atoms with Crippen molar-refractivity contribution in [1.82, 2.24) is 4.72 Å². The molecule has 1 saturated heterocycles. The molecule has 1 aromatic carbocycles. The number of rotatable bonds is 5. The lowest BCUT2D eigenvalue weighted by Crippen LogP contribution is -2.31. The molecule has 0 aromatic heterocycles. The van der Waals surface area contributed by atoms with Crippen LogP contribution in [0.15, 0.2) is 34.1 Å². The summed E-state index contributed by atoms with van der Waals surface area (Å²) in [5, 5.41) is 4.95. The minimum atomic E-state index is -3.83. The Bertz CT molecular complexity index is 661. The van der Waals surface area contributed by atoms with Crippen molar-refractivity contribution in [1.29, 1.82) is 0 Å². The van der Waals surface area contributed by atoms with E-state index in [1.54, 1.807) is 0 Å². The number of ether oxygens (including phenoxy) is 1. The van der Waals surface area contributed by atoms with Gasteiger partial charge in [0.1, 0.15) is 0 Å². The van der Waals surface area contributed by atoms with Gasteiger partial charge in [-0.15, -0.1) is 0 Å². The third-order valence-corrected chi connectivity index (χ3v) is 5.36. The van der Waals surface area contributed by atoms with Crippen LogP contribution < -0.4 is 9.86 Å². The molecule has 0 aliphatic carbocycles. The van der Waals surface area contributed by atoms with E-state index in [9.17, 15) is 16.8 Å². The molecular formula is C11H16N2O5S2. The number of sulfonamides is 2. The van der Waals surface area contributed by atoms with E-state index >= 15 is 0 Å². The first kappa shape index (κ1) is 15.4. The maximum atomic E-state index is 12.0. The van der Waals surface area contributed by atoms with Gasteiger partial charge in [0.2, 0.25) is 20.0 Å². The largest absolute Gasteiger partial charge is 0.377 e. The quantitative estimate of drug-likeness (QED) is 0.779. The van der Waals surface area contributed by atoms with Crippen molar-refractivity contribution in [3.8, 4) is 0 Å². The van der Waals surface area contributed by atoms with Crippen molar-refractivity contribution in [2.24, 2.45) is 5.14 Å². The zero-order chi connectivity index (χ0) is 14.8. The third kappa shape index (κ3) is 3.76. The maximum Gasteiger partial charge on any atom is 0.240 e. The zero-order valence-electron chi connectivity index (χ0n) is 10.7. The van der Waals surface area contributed by atoms with E-state index in [1.807, 2.05) is 0 Å². The van der Waals surface area contributed by atoms with Crippen LogP contribution in [0.25, 0.3) is 0 Å². The monoisotopic (exact) mass is 320 g/mol. The summed E-state index contributed by atoms with van der Waals surface area (Å²) in [6.07, 6.45) is 1.65. The van der Waals surface area contributed by atoms with E-state index in [0.29, 0.717) is 6.61 Å². The van der Waals surface area contributed by atoms with Gasteiger partial charge in [-0.2, -0.15) is 0 Å². The van der Waals surface area contributed by atoms with Crippen LogP contribution in [0.4, 0.5) is 0 Å². The number of hydrogen-bond donors (Lipinski definition) is 2. The number of primary sulfonamides is 1. The first-order valence-electron chi connectivity index (χ1n) is 6.03. The molecule has 2 rings (SSSR count). The highest BCUT2D eigenvalue weighted by molar-refractivity contribution is 7.89. The second kappa shape index (κ2) is 5.78. The van der Waals surface area contributed by atoms with E-state index in [0.717, 1.165) is 25.0 Å². The van der Waals surface area contributed by atoms with Crippen LogP contribution in [-0.2, 0) is 24.8 Å². The molecule has 9 heteroatoms. The standard InChI is InChI=1S/C11H16N2O5S2/c12-19(14,15)10-3-5-11(6-4-10)20(16,17)13-8-9-2-1-7-18-9/h3-6,9,13H,1-2,7-8H2,(H2,12,14,15). The molecule has 112 valence electrons. The zero-order valence-corrected chi connectivity index (χ0v) is 12.3. The predicted octanol–water partition coefficient (Wildman–Crippen LogP) is -0.209. The molecule has 0 radical (unpaired) electrons. The van der Waals surface area contributed by atoms with Crippen molar-refractivity contribution < 1.29 is 21.6 Å². The Morgan fingerprint density at radius 2 is 1.75 bits per heavy atom. The minimum Gasteiger partial charge on any atom is -0.377 e. The van der Waals surface area contributed by atoms with Gasteiger partial charge < -0.3 is 4.74 Å². The van der Waals surface area contributed by atoms with Crippen molar-refractivity contribution in [3.63, 3.8) is 0 Å². The van der Waals surface area contributed by atoms with Gasteiger partial charge in [0.15, 0.2) is 0 Å². The van der Waals surface area contributed by atoms with Gasteiger partial charge in [-0.3, -0.25) is 0 Å². The average molecular weight is 320 g/mol. The summed E-state index contributed by atoms with van der Waals surface area (Å²) in [5.74, 6) is 0. The molecule has 0 saturated carbocycles. The average Bonchev–Trinajstić information content (AvgIpc) is 2.89. The summed E-state index contributed by atoms with van der Waals surface area (Å²) in [5.41, 5.74) is 0. The fourth-order valence-electron chi connectivity index (χ4n) is 1.90.